The van der Waals surface area contributed by atoms with E-state index >= 15 is 0 Å². The van der Waals surface area contributed by atoms with Crippen LogP contribution in [0.3, 0.4) is 0 Å². The summed E-state index contributed by atoms with van der Waals surface area (Å²) in [4.78, 5) is 17.4. The number of rotatable bonds is 2. The van der Waals surface area contributed by atoms with Gasteiger partial charge in [-0.2, -0.15) is 0 Å². The van der Waals surface area contributed by atoms with Crippen LogP contribution in [0.2, 0.25) is 0 Å². The lowest BCUT2D eigenvalue weighted by atomic mass is 10.0. The first-order chi connectivity index (χ1) is 12.2. The topological polar surface area (TPSA) is 36.1 Å². The molecule has 0 radical (unpaired) electrons. The van der Waals surface area contributed by atoms with Gasteiger partial charge in [-0.1, -0.05) is 37.1 Å². The van der Waals surface area contributed by atoms with Crippen molar-refractivity contribution in [3.63, 3.8) is 0 Å². The van der Waals surface area contributed by atoms with Crippen molar-refractivity contribution in [3.8, 4) is 11.1 Å². The minimum Gasteiger partial charge on any atom is -0.371 e. The summed E-state index contributed by atoms with van der Waals surface area (Å²) in [5.74, 6) is 0. The lowest BCUT2D eigenvalue weighted by Crippen LogP contribution is -2.24. The van der Waals surface area contributed by atoms with E-state index in [1.165, 1.54) is 31.4 Å². The number of hydrogen-bond acceptors (Lipinski definition) is 2. The molecule has 1 saturated heterocycles. The summed E-state index contributed by atoms with van der Waals surface area (Å²) >= 11 is 3.77. The minimum atomic E-state index is -0.0420. The van der Waals surface area contributed by atoms with Gasteiger partial charge < -0.3 is 9.88 Å². The van der Waals surface area contributed by atoms with E-state index in [9.17, 15) is 4.79 Å². The van der Waals surface area contributed by atoms with Crippen LogP contribution in [0.4, 0.5) is 5.69 Å². The molecule has 3 nitrogen and oxygen atoms in total. The predicted octanol–water partition coefficient (Wildman–Crippen LogP) is 5.34. The van der Waals surface area contributed by atoms with Crippen LogP contribution < -0.4 is 10.5 Å². The van der Waals surface area contributed by atoms with Gasteiger partial charge in [0.25, 0.3) is 5.56 Å². The monoisotopic (exact) mass is 396 g/mol. The van der Waals surface area contributed by atoms with Crippen LogP contribution >= 0.6 is 15.9 Å². The molecule has 1 aliphatic rings. The maximum atomic E-state index is 12.1. The molecule has 1 fully saturated rings. The van der Waals surface area contributed by atoms with Crippen LogP contribution in [0.25, 0.3) is 21.9 Å². The molecule has 4 rings (SSSR count). The van der Waals surface area contributed by atoms with Gasteiger partial charge in [0.1, 0.15) is 0 Å². The first-order valence-electron chi connectivity index (χ1n) is 8.89. The number of H-pyrrole nitrogens is 1. The molecule has 1 N–H and O–H groups in total. The fourth-order valence-corrected chi connectivity index (χ4v) is 4.32. The van der Waals surface area contributed by atoms with Gasteiger partial charge in [-0.3, -0.25) is 4.79 Å². The summed E-state index contributed by atoms with van der Waals surface area (Å²) in [6.45, 7) is 2.25. The lowest BCUT2D eigenvalue weighted by Gasteiger charge is -2.24. The maximum Gasteiger partial charge on any atom is 0.255 e. The van der Waals surface area contributed by atoms with E-state index in [4.69, 9.17) is 0 Å². The zero-order valence-corrected chi connectivity index (χ0v) is 15.7. The Morgan fingerprint density at radius 1 is 0.920 bits per heavy atom. The Morgan fingerprint density at radius 3 is 2.36 bits per heavy atom. The largest absolute Gasteiger partial charge is 0.371 e. The molecule has 0 spiro atoms. The zero-order chi connectivity index (χ0) is 17.2. The Balaban J connectivity index is 1.76. The van der Waals surface area contributed by atoms with Crippen molar-refractivity contribution in [2.75, 3.05) is 18.0 Å². The van der Waals surface area contributed by atoms with Crippen molar-refractivity contribution >= 4 is 32.4 Å². The highest BCUT2D eigenvalue weighted by Gasteiger charge is 2.14. The van der Waals surface area contributed by atoms with Crippen molar-refractivity contribution in [1.29, 1.82) is 0 Å². The molecule has 0 amide bonds. The molecule has 2 aromatic carbocycles. The highest BCUT2D eigenvalue weighted by molar-refractivity contribution is 9.10. The first kappa shape index (κ1) is 16.4. The highest BCUT2D eigenvalue weighted by atomic mass is 79.9. The molecule has 1 aromatic heterocycles. The number of hydrogen-bond donors (Lipinski definition) is 1. The van der Waals surface area contributed by atoms with Crippen LogP contribution in [-0.4, -0.2) is 18.1 Å². The van der Waals surface area contributed by atoms with Gasteiger partial charge >= 0.3 is 0 Å². The first-order valence-corrected chi connectivity index (χ1v) is 9.68. The molecule has 0 atom stereocenters. The number of benzene rings is 2. The third-order valence-corrected chi connectivity index (χ3v) is 5.65. The van der Waals surface area contributed by atoms with Crippen molar-refractivity contribution < 1.29 is 0 Å². The molecule has 0 unspecified atom stereocenters. The number of nitrogens with one attached hydrogen (secondary N) is 1. The lowest BCUT2D eigenvalue weighted by molar-refractivity contribution is 0.726. The fraction of sp³-hybridized carbons (Fsp3) is 0.286. The number of pyridine rings is 1. The number of anilines is 1. The second kappa shape index (κ2) is 7.04. The molecule has 0 aliphatic carbocycles. The molecular weight excluding hydrogens is 376 g/mol. The van der Waals surface area contributed by atoms with E-state index in [2.05, 4.69) is 44.0 Å². The molecule has 2 heterocycles. The van der Waals surface area contributed by atoms with Crippen molar-refractivity contribution in [2.45, 2.75) is 25.7 Å². The number of aromatic amines is 1. The van der Waals surface area contributed by atoms with Crippen molar-refractivity contribution in [1.82, 2.24) is 4.98 Å². The Labute approximate surface area is 155 Å². The minimum absolute atomic E-state index is 0.0420. The van der Waals surface area contributed by atoms with Crippen LogP contribution in [0.1, 0.15) is 25.7 Å². The van der Waals surface area contributed by atoms with Crippen LogP contribution in [0, 0.1) is 0 Å². The van der Waals surface area contributed by atoms with Gasteiger partial charge in [0.05, 0.1) is 5.69 Å². The van der Waals surface area contributed by atoms with Crippen LogP contribution in [0.5, 0.6) is 0 Å². The third-order valence-electron chi connectivity index (χ3n) is 5.01. The second-order valence-electron chi connectivity index (χ2n) is 6.64. The van der Waals surface area contributed by atoms with Gasteiger partial charge in [-0.15, -0.1) is 0 Å². The molecular formula is C21H21BrN2O. The fourth-order valence-electron chi connectivity index (χ4n) is 3.69. The van der Waals surface area contributed by atoms with E-state index < -0.39 is 0 Å². The Hall–Kier alpha value is -2.07. The Bertz CT molecular complexity index is 956. The second-order valence-corrected chi connectivity index (χ2v) is 7.50. The van der Waals surface area contributed by atoms with E-state index in [1.807, 2.05) is 30.5 Å². The molecule has 1 aliphatic heterocycles. The molecule has 4 heteroatoms. The molecule has 25 heavy (non-hydrogen) atoms. The summed E-state index contributed by atoms with van der Waals surface area (Å²) in [7, 11) is 0. The Morgan fingerprint density at radius 2 is 1.64 bits per heavy atom. The highest BCUT2D eigenvalue weighted by Crippen LogP contribution is 2.34. The van der Waals surface area contributed by atoms with Gasteiger partial charge in [0.15, 0.2) is 0 Å². The van der Waals surface area contributed by atoms with E-state index in [0.29, 0.717) is 0 Å². The number of aromatic nitrogens is 1. The normalized spacial score (nSPS) is 15.3. The van der Waals surface area contributed by atoms with E-state index in [0.717, 1.165) is 39.5 Å². The van der Waals surface area contributed by atoms with Gasteiger partial charge in [-0.05, 0) is 57.9 Å². The SMILES string of the molecule is O=c1[nH]cc(-c2ccc(N3CCCCCC3)c(Br)c2)c2ccccc12. The zero-order valence-electron chi connectivity index (χ0n) is 14.1. The third kappa shape index (κ3) is 3.23. The van der Waals surface area contributed by atoms with Crippen molar-refractivity contribution in [3.05, 3.63) is 63.5 Å². The molecule has 3 aromatic rings. The summed E-state index contributed by atoms with van der Waals surface area (Å²) in [5, 5.41) is 1.72. The average Bonchev–Trinajstić information content (AvgIpc) is 2.91. The smallest absolute Gasteiger partial charge is 0.255 e. The maximum absolute atomic E-state index is 12.1. The molecule has 128 valence electrons. The van der Waals surface area contributed by atoms with E-state index in [1.54, 1.807) is 0 Å². The van der Waals surface area contributed by atoms with Gasteiger partial charge in [0, 0.05) is 34.7 Å². The number of nitrogens with zero attached hydrogens (tertiary/aromatic N) is 1. The van der Waals surface area contributed by atoms with Crippen molar-refractivity contribution in [2.24, 2.45) is 0 Å². The quantitative estimate of drug-likeness (QED) is 0.634. The van der Waals surface area contributed by atoms with Crippen LogP contribution in [0.15, 0.2) is 57.9 Å². The number of fused-ring (bicyclic) bond motifs is 1. The summed E-state index contributed by atoms with van der Waals surface area (Å²) in [6.07, 6.45) is 7.00. The molecule has 0 saturated carbocycles. The Kier molecular flexibility index (Phi) is 4.62. The van der Waals surface area contributed by atoms with Crippen LogP contribution in [-0.2, 0) is 0 Å². The van der Waals surface area contributed by atoms with Gasteiger partial charge in [-0.25, -0.2) is 0 Å². The standard InChI is InChI=1S/C21H21BrN2O/c22-19-13-15(9-10-20(19)24-11-5-1-2-6-12-24)18-14-23-21(25)17-8-4-3-7-16(17)18/h3-4,7-10,13-14H,1-2,5-6,11-12H2,(H,23,25). The molecule has 0 bridgehead atoms. The van der Waals surface area contributed by atoms with Gasteiger partial charge in [0.2, 0.25) is 0 Å². The predicted molar refractivity (Wildman–Crippen MR) is 108 cm³/mol. The summed E-state index contributed by atoms with van der Waals surface area (Å²) in [5.41, 5.74) is 3.38. The number of halogens is 1. The van der Waals surface area contributed by atoms with E-state index in [-0.39, 0.29) is 5.56 Å². The summed E-state index contributed by atoms with van der Waals surface area (Å²) in [6, 6.07) is 14.3. The average molecular weight is 397 g/mol. The summed E-state index contributed by atoms with van der Waals surface area (Å²) < 4.78 is 1.11.